The van der Waals surface area contributed by atoms with Gasteiger partial charge in [-0.05, 0) is 50.1 Å². The molecule has 0 saturated heterocycles. The van der Waals surface area contributed by atoms with Gasteiger partial charge in [0, 0.05) is 12.6 Å². The normalized spacial score (nSPS) is 10.2. The van der Waals surface area contributed by atoms with Gasteiger partial charge in [-0.15, -0.1) is 0 Å². The Labute approximate surface area is 122 Å². The number of benzene rings is 1. The van der Waals surface area contributed by atoms with Crippen LogP contribution in [0.2, 0.25) is 0 Å². The summed E-state index contributed by atoms with van der Waals surface area (Å²) >= 11 is 0. The van der Waals surface area contributed by atoms with Gasteiger partial charge >= 0.3 is 11.6 Å². The molecule has 2 rings (SSSR count). The van der Waals surface area contributed by atoms with Crippen molar-refractivity contribution < 1.29 is 9.66 Å². The van der Waals surface area contributed by atoms with Crippen molar-refractivity contribution in [2.75, 3.05) is 11.9 Å². The number of ether oxygens (including phenoxy) is 1. The minimum Gasteiger partial charge on any atom is -0.434 e. The van der Waals surface area contributed by atoms with Gasteiger partial charge in [-0.1, -0.05) is 6.07 Å². The van der Waals surface area contributed by atoms with Crippen LogP contribution < -0.4 is 10.1 Å². The zero-order valence-corrected chi connectivity index (χ0v) is 12.2. The maximum absolute atomic E-state index is 11.1. The molecule has 0 fully saturated rings. The van der Waals surface area contributed by atoms with Crippen LogP contribution in [0.1, 0.15) is 18.1 Å². The average molecular weight is 287 g/mol. The van der Waals surface area contributed by atoms with E-state index in [1.54, 1.807) is 6.07 Å². The fourth-order valence-electron chi connectivity index (χ4n) is 2.03. The van der Waals surface area contributed by atoms with Crippen LogP contribution in [0.15, 0.2) is 30.3 Å². The van der Waals surface area contributed by atoms with E-state index in [2.05, 4.69) is 10.3 Å². The molecule has 1 heterocycles. The number of aryl methyl sites for hydroxylation is 2. The summed E-state index contributed by atoms with van der Waals surface area (Å²) in [6.07, 6.45) is 0. The van der Waals surface area contributed by atoms with E-state index in [0.717, 1.165) is 11.1 Å². The summed E-state index contributed by atoms with van der Waals surface area (Å²) < 4.78 is 5.63. The highest BCUT2D eigenvalue weighted by molar-refractivity contribution is 5.50. The van der Waals surface area contributed by atoms with Gasteiger partial charge in [-0.25, -0.2) is 0 Å². The van der Waals surface area contributed by atoms with Crippen molar-refractivity contribution >= 4 is 11.5 Å². The fourth-order valence-corrected chi connectivity index (χ4v) is 2.03. The van der Waals surface area contributed by atoms with Crippen LogP contribution in [0.4, 0.5) is 11.5 Å². The lowest BCUT2D eigenvalue weighted by Gasteiger charge is -2.09. The fraction of sp³-hybridized carbons (Fsp3) is 0.267. The Bertz CT molecular complexity index is 651. The Balaban J connectivity index is 2.40. The van der Waals surface area contributed by atoms with Crippen LogP contribution in [0, 0.1) is 24.0 Å². The number of hydrogen-bond acceptors (Lipinski definition) is 5. The highest BCUT2D eigenvalue weighted by Gasteiger charge is 2.18. The highest BCUT2D eigenvalue weighted by atomic mass is 16.6. The standard InChI is InChI=1S/C15H17N3O3/c1-4-16-14-6-5-13(18(19)20)15(17-14)21-12-8-10(2)7-11(3)9-12/h5-9H,4H2,1-3H3,(H,16,17). The van der Waals surface area contributed by atoms with Crippen molar-refractivity contribution in [2.24, 2.45) is 0 Å². The first kappa shape index (κ1) is 14.8. The molecule has 0 unspecified atom stereocenters. The molecule has 0 saturated carbocycles. The number of rotatable bonds is 5. The predicted octanol–water partition coefficient (Wildman–Crippen LogP) is 3.83. The molecule has 0 bridgehead atoms. The number of hydrogen-bond donors (Lipinski definition) is 1. The van der Waals surface area contributed by atoms with Crippen molar-refractivity contribution in [2.45, 2.75) is 20.8 Å². The Morgan fingerprint density at radius 1 is 1.24 bits per heavy atom. The Morgan fingerprint density at radius 2 is 1.90 bits per heavy atom. The van der Waals surface area contributed by atoms with Crippen molar-refractivity contribution in [3.05, 3.63) is 51.6 Å². The van der Waals surface area contributed by atoms with Gasteiger partial charge in [0.2, 0.25) is 0 Å². The molecule has 1 N–H and O–H groups in total. The lowest BCUT2D eigenvalue weighted by Crippen LogP contribution is -2.02. The van der Waals surface area contributed by atoms with Gasteiger partial charge in [0.1, 0.15) is 11.6 Å². The molecule has 21 heavy (non-hydrogen) atoms. The summed E-state index contributed by atoms with van der Waals surface area (Å²) in [7, 11) is 0. The quantitative estimate of drug-likeness (QED) is 0.668. The second kappa shape index (κ2) is 6.21. The molecule has 6 heteroatoms. The molecule has 0 amide bonds. The van der Waals surface area contributed by atoms with Crippen LogP contribution in [-0.4, -0.2) is 16.5 Å². The molecule has 2 aromatic rings. The number of nitrogens with zero attached hydrogens (tertiary/aromatic N) is 2. The van der Waals surface area contributed by atoms with Crippen molar-refractivity contribution in [1.82, 2.24) is 4.98 Å². The maximum Gasteiger partial charge on any atom is 0.331 e. The zero-order valence-electron chi connectivity index (χ0n) is 12.2. The number of nitro groups is 1. The van der Waals surface area contributed by atoms with E-state index >= 15 is 0 Å². The molecule has 1 aromatic heterocycles. The third-order valence-corrected chi connectivity index (χ3v) is 2.80. The molecule has 0 aliphatic heterocycles. The number of pyridine rings is 1. The van der Waals surface area contributed by atoms with Crippen LogP contribution >= 0.6 is 0 Å². The largest absolute Gasteiger partial charge is 0.434 e. The first-order valence-electron chi connectivity index (χ1n) is 6.65. The van der Waals surface area contributed by atoms with Crippen LogP contribution in [0.3, 0.4) is 0 Å². The number of nitrogens with one attached hydrogen (secondary N) is 1. The summed E-state index contributed by atoms with van der Waals surface area (Å²) in [4.78, 5) is 14.7. The van der Waals surface area contributed by atoms with E-state index in [9.17, 15) is 10.1 Å². The van der Waals surface area contributed by atoms with Crippen molar-refractivity contribution in [3.63, 3.8) is 0 Å². The van der Waals surface area contributed by atoms with E-state index in [4.69, 9.17) is 4.74 Å². The third-order valence-electron chi connectivity index (χ3n) is 2.80. The van der Waals surface area contributed by atoms with Crippen molar-refractivity contribution in [3.8, 4) is 11.6 Å². The average Bonchev–Trinajstić information content (AvgIpc) is 2.37. The molecule has 0 radical (unpaired) electrons. The highest BCUT2D eigenvalue weighted by Crippen LogP contribution is 2.31. The van der Waals surface area contributed by atoms with Gasteiger partial charge < -0.3 is 10.1 Å². The lowest BCUT2D eigenvalue weighted by molar-refractivity contribution is -0.386. The van der Waals surface area contributed by atoms with Gasteiger partial charge in [-0.3, -0.25) is 10.1 Å². The van der Waals surface area contributed by atoms with Crippen molar-refractivity contribution in [1.29, 1.82) is 0 Å². The first-order valence-corrected chi connectivity index (χ1v) is 6.65. The molecule has 0 atom stereocenters. The monoisotopic (exact) mass is 287 g/mol. The minimum atomic E-state index is -0.499. The second-order valence-corrected chi connectivity index (χ2v) is 4.73. The summed E-state index contributed by atoms with van der Waals surface area (Å²) in [5, 5.41) is 14.1. The topological polar surface area (TPSA) is 77.3 Å². The molecule has 6 nitrogen and oxygen atoms in total. The Kier molecular flexibility index (Phi) is 4.37. The summed E-state index contributed by atoms with van der Waals surface area (Å²) in [6, 6.07) is 8.60. The third kappa shape index (κ3) is 3.68. The van der Waals surface area contributed by atoms with E-state index in [1.165, 1.54) is 6.07 Å². The molecule has 0 aliphatic rings. The van der Waals surface area contributed by atoms with Gasteiger partial charge in [-0.2, -0.15) is 4.98 Å². The molecule has 0 aliphatic carbocycles. The maximum atomic E-state index is 11.1. The molecule has 0 spiro atoms. The number of anilines is 1. The van der Waals surface area contributed by atoms with Crippen LogP contribution in [0.5, 0.6) is 11.6 Å². The second-order valence-electron chi connectivity index (χ2n) is 4.73. The van der Waals surface area contributed by atoms with Gasteiger partial charge in [0.05, 0.1) is 4.92 Å². The molecule has 1 aromatic carbocycles. The SMILES string of the molecule is CCNc1ccc([N+](=O)[O-])c(Oc2cc(C)cc(C)c2)n1. The van der Waals surface area contributed by atoms with Gasteiger partial charge in [0.15, 0.2) is 0 Å². The summed E-state index contributed by atoms with van der Waals surface area (Å²) in [5.74, 6) is 1.07. The molecular formula is C15H17N3O3. The Hall–Kier alpha value is -2.63. The predicted molar refractivity (Wildman–Crippen MR) is 81.0 cm³/mol. The minimum absolute atomic E-state index is 0.0107. The Morgan fingerprint density at radius 3 is 2.48 bits per heavy atom. The van der Waals surface area contributed by atoms with E-state index < -0.39 is 4.92 Å². The van der Waals surface area contributed by atoms with Crippen LogP contribution in [-0.2, 0) is 0 Å². The summed E-state index contributed by atoms with van der Waals surface area (Å²) in [6.45, 7) is 6.48. The lowest BCUT2D eigenvalue weighted by atomic mass is 10.1. The smallest absolute Gasteiger partial charge is 0.331 e. The molecule has 110 valence electrons. The van der Waals surface area contributed by atoms with E-state index in [1.807, 2.05) is 39.0 Å². The molecular weight excluding hydrogens is 270 g/mol. The summed E-state index contributed by atoms with van der Waals surface area (Å²) in [5.41, 5.74) is 1.89. The first-order chi connectivity index (χ1) is 9.99. The number of aromatic nitrogens is 1. The zero-order chi connectivity index (χ0) is 15.4. The van der Waals surface area contributed by atoms with E-state index in [0.29, 0.717) is 18.1 Å². The van der Waals surface area contributed by atoms with Gasteiger partial charge in [0.25, 0.3) is 0 Å². The van der Waals surface area contributed by atoms with E-state index in [-0.39, 0.29) is 11.6 Å². The van der Waals surface area contributed by atoms with Crippen LogP contribution in [0.25, 0.3) is 0 Å².